The summed E-state index contributed by atoms with van der Waals surface area (Å²) < 4.78 is 30.3. The van der Waals surface area contributed by atoms with Crippen LogP contribution in [0.1, 0.15) is 5.56 Å². The summed E-state index contributed by atoms with van der Waals surface area (Å²) >= 11 is 0. The Balaban J connectivity index is 3.18. The van der Waals surface area contributed by atoms with Gasteiger partial charge in [0.2, 0.25) is 5.83 Å². The minimum Gasteiger partial charge on any atom is -0.496 e. The number of hydrogen-bond donors (Lipinski definition) is 1. The molecule has 0 saturated heterocycles. The molecule has 0 aromatic heterocycles. The SMILES string of the molecule is COc1ccc(F)cc1/C=C(/F)C(=O)O. The van der Waals surface area contributed by atoms with Crippen molar-refractivity contribution in [3.63, 3.8) is 0 Å². The molecule has 1 rings (SSSR count). The number of carbonyl (C=O) groups is 1. The second-order valence-electron chi connectivity index (χ2n) is 2.68. The average Bonchev–Trinajstić information content (AvgIpc) is 2.18. The van der Waals surface area contributed by atoms with Crippen molar-refractivity contribution in [2.75, 3.05) is 7.11 Å². The van der Waals surface area contributed by atoms with E-state index in [1.807, 2.05) is 0 Å². The average molecular weight is 214 g/mol. The maximum absolute atomic E-state index is 12.8. The van der Waals surface area contributed by atoms with Gasteiger partial charge in [0.15, 0.2) is 0 Å². The third kappa shape index (κ3) is 2.77. The summed E-state index contributed by atoms with van der Waals surface area (Å²) in [7, 11) is 1.32. The van der Waals surface area contributed by atoms with E-state index in [2.05, 4.69) is 0 Å². The van der Waals surface area contributed by atoms with Crippen LogP contribution >= 0.6 is 0 Å². The van der Waals surface area contributed by atoms with E-state index in [1.54, 1.807) is 0 Å². The Morgan fingerprint density at radius 2 is 2.20 bits per heavy atom. The highest BCUT2D eigenvalue weighted by Gasteiger charge is 2.08. The molecule has 80 valence electrons. The lowest BCUT2D eigenvalue weighted by Crippen LogP contribution is -1.95. The zero-order valence-electron chi connectivity index (χ0n) is 7.83. The fourth-order valence-corrected chi connectivity index (χ4v) is 1.02. The molecule has 0 saturated carbocycles. The molecule has 0 heterocycles. The molecular formula is C10H8F2O3. The van der Waals surface area contributed by atoms with Gasteiger partial charge in [-0.05, 0) is 24.3 Å². The Kier molecular flexibility index (Phi) is 3.38. The van der Waals surface area contributed by atoms with Crippen LogP contribution in [0.3, 0.4) is 0 Å². The smallest absolute Gasteiger partial charge is 0.364 e. The summed E-state index contributed by atoms with van der Waals surface area (Å²) in [5, 5.41) is 8.30. The number of halogens is 2. The largest absolute Gasteiger partial charge is 0.496 e. The lowest BCUT2D eigenvalue weighted by Gasteiger charge is -2.04. The highest BCUT2D eigenvalue weighted by Crippen LogP contribution is 2.22. The molecule has 3 nitrogen and oxygen atoms in total. The van der Waals surface area contributed by atoms with Gasteiger partial charge in [-0.15, -0.1) is 0 Å². The van der Waals surface area contributed by atoms with E-state index in [-0.39, 0.29) is 11.3 Å². The minimum absolute atomic E-state index is 0.0393. The Morgan fingerprint density at radius 1 is 1.53 bits per heavy atom. The third-order valence-electron chi connectivity index (χ3n) is 1.68. The summed E-state index contributed by atoms with van der Waals surface area (Å²) in [5.41, 5.74) is 0.0393. The minimum atomic E-state index is -1.71. The molecule has 0 amide bonds. The Bertz CT molecular complexity index is 413. The van der Waals surface area contributed by atoms with Crippen LogP contribution in [-0.2, 0) is 4.79 Å². The zero-order chi connectivity index (χ0) is 11.4. The molecule has 1 aromatic carbocycles. The van der Waals surface area contributed by atoms with Crippen molar-refractivity contribution in [2.45, 2.75) is 0 Å². The molecule has 0 atom stereocenters. The molecule has 0 aliphatic carbocycles. The van der Waals surface area contributed by atoms with Gasteiger partial charge >= 0.3 is 5.97 Å². The van der Waals surface area contributed by atoms with E-state index in [1.165, 1.54) is 13.2 Å². The topological polar surface area (TPSA) is 46.5 Å². The van der Waals surface area contributed by atoms with Crippen LogP contribution < -0.4 is 4.74 Å². The fourth-order valence-electron chi connectivity index (χ4n) is 1.02. The molecule has 15 heavy (non-hydrogen) atoms. The van der Waals surface area contributed by atoms with Gasteiger partial charge < -0.3 is 9.84 Å². The van der Waals surface area contributed by atoms with Crippen molar-refractivity contribution in [1.29, 1.82) is 0 Å². The summed E-state index contributed by atoms with van der Waals surface area (Å²) in [6, 6.07) is 3.41. The number of rotatable bonds is 3. The number of ether oxygens (including phenoxy) is 1. The van der Waals surface area contributed by atoms with E-state index in [0.717, 1.165) is 12.1 Å². The number of carboxylic acid groups (broad SMARTS) is 1. The first kappa shape index (κ1) is 11.2. The first-order valence-electron chi connectivity index (χ1n) is 3.98. The van der Waals surface area contributed by atoms with Crippen molar-refractivity contribution in [3.05, 3.63) is 35.4 Å². The maximum Gasteiger partial charge on any atom is 0.364 e. The van der Waals surface area contributed by atoms with Gasteiger partial charge in [-0.1, -0.05) is 0 Å². The molecule has 0 spiro atoms. The lowest BCUT2D eigenvalue weighted by molar-refractivity contribution is -0.134. The first-order valence-corrected chi connectivity index (χ1v) is 3.98. The Labute approximate surface area is 84.6 Å². The van der Waals surface area contributed by atoms with Gasteiger partial charge in [0.05, 0.1) is 7.11 Å². The molecule has 1 aromatic rings. The molecule has 0 radical (unpaired) electrons. The molecule has 0 aliphatic heterocycles. The van der Waals surface area contributed by atoms with Gasteiger partial charge in [-0.2, -0.15) is 4.39 Å². The van der Waals surface area contributed by atoms with Crippen molar-refractivity contribution < 1.29 is 23.4 Å². The number of benzene rings is 1. The summed E-state index contributed by atoms with van der Waals surface area (Å²) in [4.78, 5) is 10.2. The molecule has 0 fully saturated rings. The number of methoxy groups -OCH3 is 1. The highest BCUT2D eigenvalue weighted by atomic mass is 19.1. The van der Waals surface area contributed by atoms with Crippen LogP contribution in [0, 0.1) is 5.82 Å². The van der Waals surface area contributed by atoms with Gasteiger partial charge in [-0.25, -0.2) is 9.18 Å². The molecule has 0 aliphatic rings. The summed E-state index contributed by atoms with van der Waals surface area (Å²) in [6.45, 7) is 0. The van der Waals surface area contributed by atoms with Crippen molar-refractivity contribution in [3.8, 4) is 5.75 Å². The van der Waals surface area contributed by atoms with E-state index in [9.17, 15) is 13.6 Å². The van der Waals surface area contributed by atoms with Crippen molar-refractivity contribution >= 4 is 12.0 Å². The summed E-state index contributed by atoms with van der Waals surface area (Å²) in [6.07, 6.45) is 0.699. The van der Waals surface area contributed by atoms with Gasteiger partial charge in [0.1, 0.15) is 11.6 Å². The van der Waals surface area contributed by atoms with Crippen LogP contribution in [0.25, 0.3) is 6.08 Å². The standard InChI is InChI=1S/C10H8F2O3/c1-15-9-3-2-7(11)4-6(9)5-8(12)10(13)14/h2-5H,1H3,(H,13,14)/b8-5+. The van der Waals surface area contributed by atoms with E-state index < -0.39 is 17.6 Å². The fraction of sp³-hybridized carbons (Fsp3) is 0.100. The van der Waals surface area contributed by atoms with E-state index >= 15 is 0 Å². The van der Waals surface area contributed by atoms with Gasteiger partial charge in [0, 0.05) is 5.56 Å². The van der Waals surface area contributed by atoms with Crippen molar-refractivity contribution in [2.24, 2.45) is 0 Å². The van der Waals surface area contributed by atoms with Crippen LogP contribution in [-0.4, -0.2) is 18.2 Å². The van der Waals surface area contributed by atoms with Crippen LogP contribution in [0.5, 0.6) is 5.75 Å². The molecular weight excluding hydrogens is 206 g/mol. The second-order valence-corrected chi connectivity index (χ2v) is 2.68. The zero-order valence-corrected chi connectivity index (χ0v) is 7.83. The predicted molar refractivity (Wildman–Crippen MR) is 49.7 cm³/mol. The van der Waals surface area contributed by atoms with Crippen molar-refractivity contribution in [1.82, 2.24) is 0 Å². The van der Waals surface area contributed by atoms with Gasteiger partial charge in [-0.3, -0.25) is 0 Å². The van der Waals surface area contributed by atoms with Gasteiger partial charge in [0.25, 0.3) is 0 Å². The normalized spacial score (nSPS) is 11.3. The van der Waals surface area contributed by atoms with Crippen LogP contribution in [0.4, 0.5) is 8.78 Å². The number of aliphatic carboxylic acids is 1. The Morgan fingerprint density at radius 3 is 2.73 bits per heavy atom. The third-order valence-corrected chi connectivity index (χ3v) is 1.68. The lowest BCUT2D eigenvalue weighted by atomic mass is 10.1. The predicted octanol–water partition coefficient (Wildman–Crippen LogP) is 2.23. The molecule has 1 N–H and O–H groups in total. The molecule has 0 unspecified atom stereocenters. The van der Waals surface area contributed by atoms with E-state index in [0.29, 0.717) is 6.08 Å². The molecule has 0 bridgehead atoms. The monoisotopic (exact) mass is 214 g/mol. The second kappa shape index (κ2) is 4.54. The van der Waals surface area contributed by atoms with E-state index in [4.69, 9.17) is 9.84 Å². The number of carboxylic acids is 1. The maximum atomic E-state index is 12.8. The van der Waals surface area contributed by atoms with Crippen LogP contribution in [0.2, 0.25) is 0 Å². The summed E-state index contributed by atoms with van der Waals surface area (Å²) in [5.74, 6) is -3.48. The molecule has 5 heteroatoms. The highest BCUT2D eigenvalue weighted by molar-refractivity contribution is 5.90. The van der Waals surface area contributed by atoms with Crippen LogP contribution in [0.15, 0.2) is 24.0 Å². The quantitative estimate of drug-likeness (QED) is 0.785. The first-order chi connectivity index (χ1) is 7.04. The Hall–Kier alpha value is -1.91. The number of hydrogen-bond acceptors (Lipinski definition) is 2.